The Kier molecular flexibility index (Phi) is 5.74. The maximum Gasteiger partial charge on any atom is 0.241 e. The molecule has 1 atom stereocenters. The summed E-state index contributed by atoms with van der Waals surface area (Å²) in [7, 11) is -6.92. The third kappa shape index (κ3) is 4.60. The minimum atomic E-state index is -3.65. The van der Waals surface area contributed by atoms with Crippen LogP contribution in [0.1, 0.15) is 18.5 Å². The molecular weight excluding hydrogens is 366 g/mol. The van der Waals surface area contributed by atoms with Crippen molar-refractivity contribution >= 4 is 31.6 Å². The first-order chi connectivity index (χ1) is 11.1. The lowest BCUT2D eigenvalue weighted by atomic mass is 10.1. The molecule has 0 radical (unpaired) electrons. The normalized spacial score (nSPS) is 13.6. The lowest BCUT2D eigenvalue weighted by molar-refractivity contribution is 0.566. The fourth-order valence-corrected chi connectivity index (χ4v) is 4.40. The smallest absolute Gasteiger partial charge is 0.224 e. The highest BCUT2D eigenvalue weighted by Crippen LogP contribution is 2.21. The van der Waals surface area contributed by atoms with Crippen molar-refractivity contribution in [2.24, 2.45) is 0 Å². The summed E-state index contributed by atoms with van der Waals surface area (Å²) in [5.41, 5.74) is 0.687. The molecule has 2 rings (SSSR count). The quantitative estimate of drug-likeness (QED) is 0.774. The molecule has 0 aliphatic carbocycles. The summed E-state index contributed by atoms with van der Waals surface area (Å²) in [5.74, 6) is 0. The second-order valence-corrected chi connectivity index (χ2v) is 9.97. The lowest BCUT2D eigenvalue weighted by Gasteiger charge is -2.15. The molecule has 1 N–H and O–H groups in total. The van der Waals surface area contributed by atoms with Gasteiger partial charge in [0.25, 0.3) is 0 Å². The second kappa shape index (κ2) is 7.26. The van der Waals surface area contributed by atoms with Crippen LogP contribution in [0.3, 0.4) is 0 Å². The molecule has 0 aromatic heterocycles. The van der Waals surface area contributed by atoms with Crippen molar-refractivity contribution in [3.8, 4) is 0 Å². The van der Waals surface area contributed by atoms with E-state index in [1.807, 2.05) is 6.26 Å². The van der Waals surface area contributed by atoms with Gasteiger partial charge in [0.15, 0.2) is 9.84 Å². The highest BCUT2D eigenvalue weighted by Gasteiger charge is 2.18. The summed E-state index contributed by atoms with van der Waals surface area (Å²) in [6, 6.07) is 12.3. The average molecular weight is 386 g/mol. The third-order valence-electron chi connectivity index (χ3n) is 3.51. The van der Waals surface area contributed by atoms with Gasteiger partial charge in [0.1, 0.15) is 0 Å². The van der Waals surface area contributed by atoms with E-state index in [1.54, 1.807) is 43.3 Å². The van der Waals surface area contributed by atoms with Crippen molar-refractivity contribution in [3.05, 3.63) is 54.1 Å². The molecule has 8 heteroatoms. The van der Waals surface area contributed by atoms with Crippen LogP contribution in [0.2, 0.25) is 0 Å². The van der Waals surface area contributed by atoms with Crippen molar-refractivity contribution in [2.75, 3.05) is 12.5 Å². The Morgan fingerprint density at radius 2 is 1.38 bits per heavy atom. The topological polar surface area (TPSA) is 80.3 Å². The summed E-state index contributed by atoms with van der Waals surface area (Å²) in [6.45, 7) is 1.71. The molecule has 2 aromatic carbocycles. The van der Waals surface area contributed by atoms with E-state index >= 15 is 0 Å². The number of sulfonamides is 1. The lowest BCUT2D eigenvalue weighted by Crippen LogP contribution is -2.26. The van der Waals surface area contributed by atoms with Gasteiger partial charge in [-0.2, -0.15) is 0 Å². The van der Waals surface area contributed by atoms with Gasteiger partial charge in [-0.1, -0.05) is 12.1 Å². The zero-order chi connectivity index (χ0) is 18.0. The van der Waals surface area contributed by atoms with E-state index in [0.29, 0.717) is 5.56 Å². The minimum Gasteiger partial charge on any atom is -0.224 e. The zero-order valence-electron chi connectivity index (χ0n) is 13.6. The fraction of sp³-hybridized carbons (Fsp3) is 0.250. The molecular formula is C16H19NO4S3. The van der Waals surface area contributed by atoms with Crippen LogP contribution >= 0.6 is 11.8 Å². The van der Waals surface area contributed by atoms with Gasteiger partial charge in [-0.25, -0.2) is 21.6 Å². The Balaban J connectivity index is 2.19. The Hall–Kier alpha value is -1.35. The number of thioether (sulfide) groups is 1. The molecule has 2 aromatic rings. The maximum atomic E-state index is 12.4. The van der Waals surface area contributed by atoms with Gasteiger partial charge in [0.05, 0.1) is 9.79 Å². The van der Waals surface area contributed by atoms with Crippen molar-refractivity contribution in [3.63, 3.8) is 0 Å². The van der Waals surface area contributed by atoms with Crippen molar-refractivity contribution in [1.29, 1.82) is 0 Å². The average Bonchev–Trinajstić information content (AvgIpc) is 2.54. The minimum absolute atomic E-state index is 0.194. The van der Waals surface area contributed by atoms with E-state index < -0.39 is 25.9 Å². The molecule has 24 heavy (non-hydrogen) atoms. The summed E-state index contributed by atoms with van der Waals surface area (Å²) in [5, 5.41) is 0. The van der Waals surface area contributed by atoms with Gasteiger partial charge in [-0.15, -0.1) is 11.8 Å². The molecule has 0 saturated heterocycles. The van der Waals surface area contributed by atoms with Gasteiger partial charge < -0.3 is 0 Å². The predicted octanol–water partition coefficient (Wildman–Crippen LogP) is 2.85. The number of benzene rings is 2. The molecule has 0 aliphatic rings. The molecule has 0 spiro atoms. The molecule has 0 unspecified atom stereocenters. The van der Waals surface area contributed by atoms with Crippen LogP contribution in [0.5, 0.6) is 0 Å². The molecule has 0 amide bonds. The third-order valence-corrected chi connectivity index (χ3v) is 6.94. The SMILES string of the molecule is CSc1ccc(S(=O)(=O)N[C@H](C)c2ccc(S(C)(=O)=O)cc2)cc1. The summed E-state index contributed by atoms with van der Waals surface area (Å²) in [6.07, 6.45) is 3.05. The van der Waals surface area contributed by atoms with Gasteiger partial charge in [-0.3, -0.25) is 0 Å². The number of hydrogen-bond acceptors (Lipinski definition) is 5. The van der Waals surface area contributed by atoms with Gasteiger partial charge in [-0.05, 0) is 55.1 Å². The van der Waals surface area contributed by atoms with Crippen LogP contribution in [0.4, 0.5) is 0 Å². The highest BCUT2D eigenvalue weighted by atomic mass is 32.2. The Bertz CT molecular complexity index is 903. The maximum absolute atomic E-state index is 12.4. The molecule has 0 heterocycles. The van der Waals surface area contributed by atoms with Gasteiger partial charge in [0.2, 0.25) is 10.0 Å². The van der Waals surface area contributed by atoms with Crippen LogP contribution in [0.15, 0.2) is 63.2 Å². The van der Waals surface area contributed by atoms with E-state index in [2.05, 4.69) is 4.72 Å². The first-order valence-corrected chi connectivity index (χ1v) is 11.7. The second-order valence-electron chi connectivity index (χ2n) is 5.36. The number of sulfone groups is 1. The number of nitrogens with one attached hydrogen (secondary N) is 1. The Labute approximate surface area is 147 Å². The summed E-state index contributed by atoms with van der Waals surface area (Å²) >= 11 is 1.54. The van der Waals surface area contributed by atoms with Crippen LogP contribution in [-0.4, -0.2) is 29.3 Å². The number of rotatable bonds is 6. The predicted molar refractivity (Wildman–Crippen MR) is 96.5 cm³/mol. The van der Waals surface area contributed by atoms with Crippen LogP contribution < -0.4 is 4.72 Å². The first kappa shape index (κ1) is 19.0. The molecule has 0 saturated carbocycles. The first-order valence-electron chi connectivity index (χ1n) is 7.10. The van der Waals surface area contributed by atoms with Crippen molar-refractivity contribution in [1.82, 2.24) is 4.72 Å². The number of hydrogen-bond donors (Lipinski definition) is 1. The Morgan fingerprint density at radius 1 is 0.875 bits per heavy atom. The van der Waals surface area contributed by atoms with Crippen molar-refractivity contribution < 1.29 is 16.8 Å². The van der Waals surface area contributed by atoms with E-state index in [0.717, 1.165) is 11.2 Å². The van der Waals surface area contributed by atoms with E-state index in [-0.39, 0.29) is 9.79 Å². The standard InChI is InChI=1S/C16H19NO4S3/c1-12(13-4-8-15(9-5-13)23(3,18)19)17-24(20,21)16-10-6-14(22-2)7-11-16/h4-12,17H,1-3H3/t12-/m1/s1. The van der Waals surface area contributed by atoms with E-state index in [4.69, 9.17) is 0 Å². The largest absolute Gasteiger partial charge is 0.241 e. The van der Waals surface area contributed by atoms with Crippen molar-refractivity contribution in [2.45, 2.75) is 27.7 Å². The summed E-state index contributed by atoms with van der Waals surface area (Å²) < 4.78 is 50.4. The van der Waals surface area contributed by atoms with Gasteiger partial charge in [0, 0.05) is 17.2 Å². The highest BCUT2D eigenvalue weighted by molar-refractivity contribution is 7.98. The zero-order valence-corrected chi connectivity index (χ0v) is 16.0. The molecule has 0 fully saturated rings. The monoisotopic (exact) mass is 385 g/mol. The molecule has 130 valence electrons. The van der Waals surface area contributed by atoms with E-state index in [9.17, 15) is 16.8 Å². The molecule has 0 bridgehead atoms. The van der Waals surface area contributed by atoms with Gasteiger partial charge >= 0.3 is 0 Å². The molecule has 5 nitrogen and oxygen atoms in total. The Morgan fingerprint density at radius 3 is 1.83 bits per heavy atom. The summed E-state index contributed by atoms with van der Waals surface area (Å²) in [4.78, 5) is 1.38. The fourth-order valence-electron chi connectivity index (χ4n) is 2.13. The van der Waals surface area contributed by atoms with Crippen LogP contribution in [0, 0.1) is 0 Å². The molecule has 0 aliphatic heterocycles. The van der Waals surface area contributed by atoms with Crippen LogP contribution in [-0.2, 0) is 19.9 Å². The van der Waals surface area contributed by atoms with Crippen LogP contribution in [0.25, 0.3) is 0 Å². The van der Waals surface area contributed by atoms with E-state index in [1.165, 1.54) is 23.9 Å².